The molecule has 0 aliphatic heterocycles. The van der Waals surface area contributed by atoms with Gasteiger partial charge in [-0.2, -0.15) is 0 Å². The van der Waals surface area contributed by atoms with E-state index < -0.39 is 0 Å². The molecular formula is C14H26N2. The van der Waals surface area contributed by atoms with Crippen molar-refractivity contribution in [1.82, 2.24) is 5.32 Å². The number of nitrogens with two attached hydrogens (primary N) is 1. The van der Waals surface area contributed by atoms with Crippen molar-refractivity contribution in [2.45, 2.75) is 63.5 Å². The van der Waals surface area contributed by atoms with E-state index in [0.717, 1.165) is 23.8 Å². The average molecular weight is 222 g/mol. The molecule has 3 aliphatic rings. The first-order valence-electron chi connectivity index (χ1n) is 7.32. The van der Waals surface area contributed by atoms with Gasteiger partial charge in [-0.25, -0.2) is 0 Å². The van der Waals surface area contributed by atoms with Crippen LogP contribution >= 0.6 is 0 Å². The minimum Gasteiger partial charge on any atom is -0.328 e. The second-order valence-corrected chi connectivity index (χ2v) is 6.40. The summed E-state index contributed by atoms with van der Waals surface area (Å²) in [5.41, 5.74) is 6.05. The predicted octanol–water partition coefficient (Wildman–Crippen LogP) is 2.28. The second-order valence-electron chi connectivity index (χ2n) is 6.40. The third kappa shape index (κ3) is 2.78. The Morgan fingerprint density at radius 1 is 1.00 bits per heavy atom. The van der Waals surface area contributed by atoms with Crippen LogP contribution < -0.4 is 11.1 Å². The van der Waals surface area contributed by atoms with Crippen LogP contribution in [0.1, 0.15) is 51.4 Å². The highest BCUT2D eigenvalue weighted by Crippen LogP contribution is 2.44. The number of rotatable bonds is 5. The van der Waals surface area contributed by atoms with E-state index in [1.165, 1.54) is 57.9 Å². The zero-order valence-electron chi connectivity index (χ0n) is 10.3. The summed E-state index contributed by atoms with van der Waals surface area (Å²) in [6.07, 6.45) is 11.2. The molecule has 2 unspecified atom stereocenters. The van der Waals surface area contributed by atoms with E-state index in [4.69, 9.17) is 5.73 Å². The van der Waals surface area contributed by atoms with Gasteiger partial charge in [0.25, 0.3) is 0 Å². The molecule has 2 nitrogen and oxygen atoms in total. The van der Waals surface area contributed by atoms with Crippen molar-refractivity contribution in [3.05, 3.63) is 0 Å². The number of hydrogen-bond acceptors (Lipinski definition) is 2. The van der Waals surface area contributed by atoms with E-state index >= 15 is 0 Å². The van der Waals surface area contributed by atoms with E-state index in [2.05, 4.69) is 5.32 Å². The first-order chi connectivity index (χ1) is 7.83. The lowest BCUT2D eigenvalue weighted by atomic mass is 9.86. The van der Waals surface area contributed by atoms with Crippen LogP contribution in [0.3, 0.4) is 0 Å². The molecule has 0 saturated heterocycles. The maximum absolute atomic E-state index is 6.05. The van der Waals surface area contributed by atoms with Crippen LogP contribution in [-0.2, 0) is 0 Å². The molecule has 0 amide bonds. The van der Waals surface area contributed by atoms with Crippen LogP contribution in [0.15, 0.2) is 0 Å². The van der Waals surface area contributed by atoms with Gasteiger partial charge in [-0.1, -0.05) is 6.42 Å². The Balaban J connectivity index is 1.43. The highest BCUT2D eigenvalue weighted by Gasteiger charge is 2.41. The van der Waals surface area contributed by atoms with Gasteiger partial charge in [0.2, 0.25) is 0 Å². The van der Waals surface area contributed by atoms with Crippen molar-refractivity contribution < 1.29 is 0 Å². The van der Waals surface area contributed by atoms with Gasteiger partial charge in [-0.05, 0) is 69.2 Å². The Morgan fingerprint density at radius 2 is 1.69 bits per heavy atom. The molecule has 0 aromatic carbocycles. The molecule has 0 aromatic heterocycles. The summed E-state index contributed by atoms with van der Waals surface area (Å²) in [6, 6.07) is 1.36. The predicted molar refractivity (Wildman–Crippen MR) is 67.2 cm³/mol. The lowest BCUT2D eigenvalue weighted by molar-refractivity contribution is 0.286. The van der Waals surface area contributed by atoms with Crippen molar-refractivity contribution in [3.63, 3.8) is 0 Å². The highest BCUT2D eigenvalue weighted by atomic mass is 15.0. The Kier molecular flexibility index (Phi) is 3.21. The van der Waals surface area contributed by atoms with Gasteiger partial charge in [0.15, 0.2) is 0 Å². The molecule has 2 atom stereocenters. The first-order valence-corrected chi connectivity index (χ1v) is 7.32. The maximum atomic E-state index is 6.05. The highest BCUT2D eigenvalue weighted by molar-refractivity contribution is 4.96. The molecular weight excluding hydrogens is 196 g/mol. The van der Waals surface area contributed by atoms with Crippen LogP contribution in [0.25, 0.3) is 0 Å². The molecule has 2 heteroatoms. The summed E-state index contributed by atoms with van der Waals surface area (Å²) in [7, 11) is 0. The molecule has 3 rings (SSSR count). The molecule has 3 saturated carbocycles. The van der Waals surface area contributed by atoms with Gasteiger partial charge in [0, 0.05) is 12.1 Å². The van der Waals surface area contributed by atoms with Crippen molar-refractivity contribution in [2.24, 2.45) is 23.5 Å². The van der Waals surface area contributed by atoms with Crippen molar-refractivity contribution >= 4 is 0 Å². The number of nitrogens with one attached hydrogen (secondary N) is 1. The zero-order chi connectivity index (χ0) is 11.0. The van der Waals surface area contributed by atoms with E-state index in [9.17, 15) is 0 Å². The summed E-state index contributed by atoms with van der Waals surface area (Å²) in [5.74, 6) is 2.93. The van der Waals surface area contributed by atoms with Gasteiger partial charge in [0.05, 0.1) is 0 Å². The molecule has 92 valence electrons. The summed E-state index contributed by atoms with van der Waals surface area (Å²) in [5, 5.41) is 3.88. The molecule has 3 fully saturated rings. The topological polar surface area (TPSA) is 38.0 Å². The average Bonchev–Trinajstić information content (AvgIpc) is 3.13. The standard InChI is InChI=1S/C14H26N2/c15-13-3-1-2-10(8-13)9-16-14(11-4-5-11)12-6-7-12/h10-14,16H,1-9,15H2. The molecule has 0 spiro atoms. The fraction of sp³-hybridized carbons (Fsp3) is 1.00. The van der Waals surface area contributed by atoms with Gasteiger partial charge in [-0.15, -0.1) is 0 Å². The lowest BCUT2D eigenvalue weighted by Gasteiger charge is -2.29. The van der Waals surface area contributed by atoms with Gasteiger partial charge in [0.1, 0.15) is 0 Å². The summed E-state index contributed by atoms with van der Waals surface area (Å²) >= 11 is 0. The largest absolute Gasteiger partial charge is 0.328 e. The van der Waals surface area contributed by atoms with E-state index in [-0.39, 0.29) is 0 Å². The zero-order valence-corrected chi connectivity index (χ0v) is 10.3. The summed E-state index contributed by atoms with van der Waals surface area (Å²) in [6.45, 7) is 1.24. The van der Waals surface area contributed by atoms with Crippen LogP contribution in [0, 0.1) is 17.8 Å². The Labute approximate surface area is 99.4 Å². The fourth-order valence-corrected chi connectivity index (χ4v) is 3.45. The van der Waals surface area contributed by atoms with Crippen LogP contribution in [0.5, 0.6) is 0 Å². The third-order valence-corrected chi connectivity index (χ3v) is 4.73. The smallest absolute Gasteiger partial charge is 0.0124 e. The van der Waals surface area contributed by atoms with Crippen LogP contribution in [0.4, 0.5) is 0 Å². The number of hydrogen-bond donors (Lipinski definition) is 2. The maximum Gasteiger partial charge on any atom is 0.0124 e. The first kappa shape index (κ1) is 11.0. The normalized spacial score (nSPS) is 35.6. The lowest BCUT2D eigenvalue weighted by Crippen LogP contribution is -2.39. The monoisotopic (exact) mass is 222 g/mol. The fourth-order valence-electron chi connectivity index (χ4n) is 3.45. The Bertz CT molecular complexity index is 221. The summed E-state index contributed by atoms with van der Waals surface area (Å²) in [4.78, 5) is 0. The van der Waals surface area contributed by atoms with Crippen LogP contribution in [0.2, 0.25) is 0 Å². The molecule has 0 radical (unpaired) electrons. The quantitative estimate of drug-likeness (QED) is 0.749. The van der Waals surface area contributed by atoms with Crippen LogP contribution in [-0.4, -0.2) is 18.6 Å². The summed E-state index contributed by atoms with van der Waals surface area (Å²) < 4.78 is 0. The molecule has 0 heterocycles. The molecule has 3 N–H and O–H groups in total. The second kappa shape index (κ2) is 4.66. The van der Waals surface area contributed by atoms with Gasteiger partial charge >= 0.3 is 0 Å². The molecule has 16 heavy (non-hydrogen) atoms. The SMILES string of the molecule is NC1CCCC(CNC(C2CC2)C2CC2)C1. The van der Waals surface area contributed by atoms with Crippen molar-refractivity contribution in [2.75, 3.05) is 6.54 Å². The van der Waals surface area contributed by atoms with Crippen molar-refractivity contribution in [3.8, 4) is 0 Å². The Hall–Kier alpha value is -0.0800. The van der Waals surface area contributed by atoms with E-state index in [0.29, 0.717) is 6.04 Å². The molecule has 0 bridgehead atoms. The molecule has 3 aliphatic carbocycles. The van der Waals surface area contributed by atoms with Gasteiger partial charge in [-0.3, -0.25) is 0 Å². The minimum atomic E-state index is 0.487. The molecule has 0 aromatic rings. The third-order valence-electron chi connectivity index (χ3n) is 4.73. The van der Waals surface area contributed by atoms with E-state index in [1.807, 2.05) is 0 Å². The van der Waals surface area contributed by atoms with Gasteiger partial charge < -0.3 is 11.1 Å². The Morgan fingerprint density at radius 3 is 2.25 bits per heavy atom. The van der Waals surface area contributed by atoms with E-state index in [1.54, 1.807) is 0 Å². The minimum absolute atomic E-state index is 0.487. The van der Waals surface area contributed by atoms with Crippen molar-refractivity contribution in [1.29, 1.82) is 0 Å².